The van der Waals surface area contributed by atoms with Crippen molar-refractivity contribution in [3.8, 4) is 11.4 Å². The van der Waals surface area contributed by atoms with Crippen LogP contribution in [0.1, 0.15) is 48.5 Å². The second-order valence-electron chi connectivity index (χ2n) is 9.05. The fourth-order valence-corrected chi connectivity index (χ4v) is 4.25. The summed E-state index contributed by atoms with van der Waals surface area (Å²) in [4.78, 5) is 22.1. The van der Waals surface area contributed by atoms with E-state index in [-0.39, 0.29) is 22.9 Å². The summed E-state index contributed by atoms with van der Waals surface area (Å²) in [5.74, 6) is 0.961. The van der Waals surface area contributed by atoms with E-state index in [0.717, 1.165) is 49.2 Å². The van der Waals surface area contributed by atoms with Crippen molar-refractivity contribution in [2.24, 2.45) is 5.92 Å². The minimum atomic E-state index is -0.513. The summed E-state index contributed by atoms with van der Waals surface area (Å²) in [6.45, 7) is 4.66. The Morgan fingerprint density at radius 2 is 1.91 bits per heavy atom. The second kappa shape index (κ2) is 7.96. The molecule has 0 unspecified atom stereocenters. The van der Waals surface area contributed by atoms with E-state index in [1.54, 1.807) is 10.7 Å². The number of carbonyl (C=O) groups excluding carboxylic acids is 1. The third kappa shape index (κ3) is 4.39. The highest BCUT2D eigenvalue weighted by molar-refractivity contribution is 6.30. The zero-order valence-corrected chi connectivity index (χ0v) is 18.9. The van der Waals surface area contributed by atoms with Crippen molar-refractivity contribution in [2.45, 2.75) is 58.0 Å². The molecule has 6 nitrogen and oxygen atoms in total. The smallest absolute Gasteiger partial charge is 0.228 e. The molecule has 2 saturated carbocycles. The standard InChI is InChI=1S/C24H25ClFN5O/c1-14-9-18(10-15(2)27-14)24(7-8-24)29-22(32)12-21-28-23(30-31(21)13-16-3-4-16)17-5-6-19(25)20(26)11-17/h5-6,9-11,16H,3-4,7-8,12-13H2,1-2H3,(H,29,32). The predicted octanol–water partition coefficient (Wildman–Crippen LogP) is 4.51. The number of pyridine rings is 1. The summed E-state index contributed by atoms with van der Waals surface area (Å²) >= 11 is 5.81. The molecule has 0 bridgehead atoms. The van der Waals surface area contributed by atoms with Gasteiger partial charge in [-0.25, -0.2) is 14.1 Å². The zero-order chi connectivity index (χ0) is 22.5. The third-order valence-electron chi connectivity index (χ3n) is 6.14. The molecule has 1 N–H and O–H groups in total. The molecule has 2 heterocycles. The number of rotatable bonds is 7. The van der Waals surface area contributed by atoms with Crippen molar-refractivity contribution in [1.82, 2.24) is 25.1 Å². The molecule has 1 amide bonds. The summed E-state index contributed by atoms with van der Waals surface area (Å²) < 4.78 is 15.8. The molecule has 2 fully saturated rings. The first-order valence-corrected chi connectivity index (χ1v) is 11.3. The van der Waals surface area contributed by atoms with Crippen LogP contribution in [0.2, 0.25) is 5.02 Å². The van der Waals surface area contributed by atoms with Crippen LogP contribution in [0.15, 0.2) is 30.3 Å². The van der Waals surface area contributed by atoms with E-state index < -0.39 is 5.82 Å². The Kier molecular flexibility index (Phi) is 5.24. The Balaban J connectivity index is 1.37. The number of hydrogen-bond acceptors (Lipinski definition) is 4. The Labute approximate surface area is 191 Å². The minimum Gasteiger partial charge on any atom is -0.346 e. The molecular formula is C24H25ClFN5O. The molecule has 0 saturated heterocycles. The van der Waals surface area contributed by atoms with Gasteiger partial charge in [-0.2, -0.15) is 5.10 Å². The van der Waals surface area contributed by atoms with Crippen molar-refractivity contribution in [1.29, 1.82) is 0 Å². The van der Waals surface area contributed by atoms with Gasteiger partial charge in [-0.15, -0.1) is 0 Å². The van der Waals surface area contributed by atoms with E-state index in [0.29, 0.717) is 23.1 Å². The summed E-state index contributed by atoms with van der Waals surface area (Å²) in [6.07, 6.45) is 4.25. The molecule has 166 valence electrons. The molecule has 5 rings (SSSR count). The van der Waals surface area contributed by atoms with Gasteiger partial charge in [0.15, 0.2) is 5.82 Å². The van der Waals surface area contributed by atoms with Gasteiger partial charge in [-0.3, -0.25) is 9.78 Å². The largest absolute Gasteiger partial charge is 0.346 e. The van der Waals surface area contributed by atoms with E-state index in [4.69, 9.17) is 11.6 Å². The zero-order valence-electron chi connectivity index (χ0n) is 18.2. The molecule has 2 aromatic heterocycles. The van der Waals surface area contributed by atoms with Crippen molar-refractivity contribution < 1.29 is 9.18 Å². The van der Waals surface area contributed by atoms with Gasteiger partial charge in [-0.1, -0.05) is 11.6 Å². The number of nitrogens with zero attached hydrogens (tertiary/aromatic N) is 4. The molecule has 0 radical (unpaired) electrons. The fraction of sp³-hybridized carbons (Fsp3) is 0.417. The number of carbonyl (C=O) groups is 1. The lowest BCUT2D eigenvalue weighted by atomic mass is 10.0. The van der Waals surface area contributed by atoms with Crippen LogP contribution in [-0.4, -0.2) is 25.7 Å². The number of amides is 1. The van der Waals surface area contributed by atoms with Crippen LogP contribution in [0.4, 0.5) is 4.39 Å². The van der Waals surface area contributed by atoms with Gasteiger partial charge in [0.2, 0.25) is 5.91 Å². The van der Waals surface area contributed by atoms with E-state index >= 15 is 0 Å². The average molecular weight is 454 g/mol. The van der Waals surface area contributed by atoms with Crippen molar-refractivity contribution >= 4 is 17.5 Å². The second-order valence-corrected chi connectivity index (χ2v) is 9.46. The van der Waals surface area contributed by atoms with Crippen molar-refractivity contribution in [2.75, 3.05) is 0 Å². The molecule has 2 aliphatic rings. The first-order chi connectivity index (χ1) is 15.3. The number of benzene rings is 1. The maximum absolute atomic E-state index is 14.0. The van der Waals surface area contributed by atoms with Gasteiger partial charge in [-0.05, 0) is 81.3 Å². The van der Waals surface area contributed by atoms with Crippen LogP contribution in [0.5, 0.6) is 0 Å². The number of hydrogen-bond donors (Lipinski definition) is 1. The Bertz CT molecular complexity index is 1180. The van der Waals surface area contributed by atoms with E-state index in [2.05, 4.69) is 20.4 Å². The van der Waals surface area contributed by atoms with E-state index in [1.165, 1.54) is 12.1 Å². The highest BCUT2D eigenvalue weighted by Crippen LogP contribution is 2.45. The maximum Gasteiger partial charge on any atom is 0.228 e. The highest BCUT2D eigenvalue weighted by Gasteiger charge is 2.46. The van der Waals surface area contributed by atoms with E-state index in [1.807, 2.05) is 26.0 Å². The fourth-order valence-electron chi connectivity index (χ4n) is 4.13. The Morgan fingerprint density at radius 1 is 1.19 bits per heavy atom. The topological polar surface area (TPSA) is 72.7 Å². The number of nitrogens with one attached hydrogen (secondary N) is 1. The first-order valence-electron chi connectivity index (χ1n) is 11.0. The summed E-state index contributed by atoms with van der Waals surface area (Å²) in [5, 5.41) is 7.87. The molecule has 0 spiro atoms. The highest BCUT2D eigenvalue weighted by atomic mass is 35.5. The lowest BCUT2D eigenvalue weighted by molar-refractivity contribution is -0.121. The molecule has 1 aromatic carbocycles. The predicted molar refractivity (Wildman–Crippen MR) is 120 cm³/mol. The van der Waals surface area contributed by atoms with Gasteiger partial charge < -0.3 is 5.32 Å². The van der Waals surface area contributed by atoms with Gasteiger partial charge in [0.1, 0.15) is 11.6 Å². The molecule has 8 heteroatoms. The molecule has 2 aliphatic carbocycles. The molecule has 32 heavy (non-hydrogen) atoms. The van der Waals surface area contributed by atoms with Crippen LogP contribution in [-0.2, 0) is 23.3 Å². The minimum absolute atomic E-state index is 0.0575. The quantitative estimate of drug-likeness (QED) is 0.571. The summed E-state index contributed by atoms with van der Waals surface area (Å²) in [6, 6.07) is 8.61. The first kappa shape index (κ1) is 21.1. The van der Waals surface area contributed by atoms with Crippen molar-refractivity contribution in [3.05, 3.63) is 63.9 Å². The lowest BCUT2D eigenvalue weighted by Gasteiger charge is -2.19. The SMILES string of the molecule is Cc1cc(C2(NC(=O)Cc3nc(-c4ccc(Cl)c(F)c4)nn3CC3CC3)CC2)cc(C)n1. The average Bonchev–Trinajstić information content (AvgIpc) is 3.64. The van der Waals surface area contributed by atoms with Crippen LogP contribution < -0.4 is 5.32 Å². The lowest BCUT2D eigenvalue weighted by Crippen LogP contribution is -2.36. The number of aryl methyl sites for hydroxylation is 2. The van der Waals surface area contributed by atoms with Crippen molar-refractivity contribution in [3.63, 3.8) is 0 Å². The van der Waals surface area contributed by atoms with Crippen LogP contribution >= 0.6 is 11.6 Å². The summed E-state index contributed by atoms with van der Waals surface area (Å²) in [5.41, 5.74) is 3.23. The monoisotopic (exact) mass is 453 g/mol. The maximum atomic E-state index is 14.0. The Morgan fingerprint density at radius 3 is 2.53 bits per heavy atom. The number of aromatic nitrogens is 4. The van der Waals surface area contributed by atoms with Crippen LogP contribution in [0.25, 0.3) is 11.4 Å². The third-order valence-corrected chi connectivity index (χ3v) is 6.44. The Hall–Kier alpha value is -2.80. The van der Waals surface area contributed by atoms with Gasteiger partial charge in [0.25, 0.3) is 0 Å². The van der Waals surface area contributed by atoms with Gasteiger partial charge in [0, 0.05) is 23.5 Å². The normalized spacial score (nSPS) is 16.8. The molecule has 0 atom stereocenters. The van der Waals surface area contributed by atoms with Crippen LogP contribution in [0, 0.1) is 25.6 Å². The molecular weight excluding hydrogens is 429 g/mol. The number of halogens is 2. The van der Waals surface area contributed by atoms with Gasteiger partial charge >= 0.3 is 0 Å². The van der Waals surface area contributed by atoms with Gasteiger partial charge in [0.05, 0.1) is 17.0 Å². The van der Waals surface area contributed by atoms with E-state index in [9.17, 15) is 9.18 Å². The molecule has 0 aliphatic heterocycles. The molecule has 3 aromatic rings. The van der Waals surface area contributed by atoms with Crippen LogP contribution in [0.3, 0.4) is 0 Å². The summed E-state index contributed by atoms with van der Waals surface area (Å²) in [7, 11) is 0.